The predicted octanol–water partition coefficient (Wildman–Crippen LogP) is 7.60. The zero-order chi connectivity index (χ0) is 19.0. The van der Waals surface area contributed by atoms with Gasteiger partial charge in [0.15, 0.2) is 0 Å². The van der Waals surface area contributed by atoms with Crippen LogP contribution < -0.4 is 10.6 Å². The van der Waals surface area contributed by atoms with E-state index in [9.17, 15) is 0 Å². The van der Waals surface area contributed by atoms with Gasteiger partial charge < -0.3 is 0 Å². The van der Waals surface area contributed by atoms with E-state index >= 15 is 0 Å². The first kappa shape index (κ1) is 21.9. The SMILES string of the molecule is C=CCCCCCCCCCCCCP(c1ccccc1)c1ccccc1. The molecular formula is C26H37P. The van der Waals surface area contributed by atoms with Gasteiger partial charge in [-0.1, -0.05) is 118 Å². The molecule has 2 rings (SSSR count). The quantitative estimate of drug-likeness (QED) is 0.169. The van der Waals surface area contributed by atoms with E-state index in [0.29, 0.717) is 0 Å². The molecule has 146 valence electrons. The summed E-state index contributed by atoms with van der Waals surface area (Å²) in [5.41, 5.74) is 0. The number of hydrogen-bond donors (Lipinski definition) is 0. The van der Waals surface area contributed by atoms with Gasteiger partial charge in [0, 0.05) is 0 Å². The summed E-state index contributed by atoms with van der Waals surface area (Å²) in [7, 11) is -0.196. The van der Waals surface area contributed by atoms with Crippen molar-refractivity contribution >= 4 is 18.5 Å². The van der Waals surface area contributed by atoms with Gasteiger partial charge in [-0.15, -0.1) is 6.58 Å². The molecule has 1 heteroatoms. The second-order valence-electron chi connectivity index (χ2n) is 7.44. The van der Waals surface area contributed by atoms with Crippen LogP contribution >= 0.6 is 7.92 Å². The summed E-state index contributed by atoms with van der Waals surface area (Å²) >= 11 is 0. The van der Waals surface area contributed by atoms with Crippen molar-refractivity contribution in [3.8, 4) is 0 Å². The lowest BCUT2D eigenvalue weighted by atomic mass is 10.1. The third-order valence-electron chi connectivity index (χ3n) is 5.18. The summed E-state index contributed by atoms with van der Waals surface area (Å²) in [5, 5.41) is 3.05. The lowest BCUT2D eigenvalue weighted by Crippen LogP contribution is -2.13. The minimum Gasteiger partial charge on any atom is -0.103 e. The second kappa shape index (κ2) is 14.6. The van der Waals surface area contributed by atoms with Crippen LogP contribution in [-0.4, -0.2) is 6.16 Å². The molecule has 0 fully saturated rings. The molecule has 27 heavy (non-hydrogen) atoms. The minimum atomic E-state index is -0.196. The molecule has 0 saturated carbocycles. The number of allylic oxidation sites excluding steroid dienone is 1. The highest BCUT2D eigenvalue weighted by Crippen LogP contribution is 2.34. The number of hydrogen-bond acceptors (Lipinski definition) is 0. The summed E-state index contributed by atoms with van der Waals surface area (Å²) in [6.07, 6.45) is 18.5. The molecule has 0 aliphatic heterocycles. The van der Waals surface area contributed by atoms with Crippen LogP contribution in [0.25, 0.3) is 0 Å². The van der Waals surface area contributed by atoms with Gasteiger partial charge in [0.1, 0.15) is 0 Å². The van der Waals surface area contributed by atoms with Crippen molar-refractivity contribution in [2.75, 3.05) is 6.16 Å². The standard InChI is InChI=1S/C26H37P/c1-2-3-4-5-6-7-8-9-10-11-12-19-24-27(25-20-15-13-16-21-25)26-22-17-14-18-23-26/h2,13-18,20-23H,1,3-12,19,24H2. The van der Waals surface area contributed by atoms with Crippen LogP contribution in [0.1, 0.15) is 70.6 Å². The van der Waals surface area contributed by atoms with E-state index in [4.69, 9.17) is 0 Å². The summed E-state index contributed by atoms with van der Waals surface area (Å²) in [6.45, 7) is 3.79. The first-order valence-electron chi connectivity index (χ1n) is 10.9. The maximum absolute atomic E-state index is 3.79. The van der Waals surface area contributed by atoms with Crippen molar-refractivity contribution in [1.82, 2.24) is 0 Å². The highest BCUT2D eigenvalue weighted by molar-refractivity contribution is 7.73. The largest absolute Gasteiger partial charge is 0.103 e. The van der Waals surface area contributed by atoms with Crippen LogP contribution in [0.4, 0.5) is 0 Å². The van der Waals surface area contributed by atoms with Crippen LogP contribution in [0.5, 0.6) is 0 Å². The Morgan fingerprint density at radius 1 is 0.556 bits per heavy atom. The first-order chi connectivity index (χ1) is 13.4. The third kappa shape index (κ3) is 9.39. The molecule has 2 aromatic rings. The number of rotatable bonds is 15. The van der Waals surface area contributed by atoms with Crippen molar-refractivity contribution in [3.05, 3.63) is 73.3 Å². The molecule has 0 heterocycles. The fraction of sp³-hybridized carbons (Fsp3) is 0.462. The molecule has 0 bridgehead atoms. The van der Waals surface area contributed by atoms with Crippen molar-refractivity contribution in [2.45, 2.75) is 70.6 Å². The Bertz CT molecular complexity index is 551. The van der Waals surface area contributed by atoms with Crippen molar-refractivity contribution in [1.29, 1.82) is 0 Å². The lowest BCUT2D eigenvalue weighted by Gasteiger charge is -2.18. The van der Waals surface area contributed by atoms with Gasteiger partial charge in [0.2, 0.25) is 0 Å². The summed E-state index contributed by atoms with van der Waals surface area (Å²) in [6, 6.07) is 22.2. The number of unbranched alkanes of at least 4 members (excludes halogenated alkanes) is 10. The van der Waals surface area contributed by atoms with E-state index in [1.165, 1.54) is 87.4 Å². The Kier molecular flexibility index (Phi) is 11.9. The van der Waals surface area contributed by atoms with E-state index in [1.54, 1.807) is 0 Å². The summed E-state index contributed by atoms with van der Waals surface area (Å²) < 4.78 is 0. The Labute approximate surface area is 168 Å². The fourth-order valence-corrected chi connectivity index (χ4v) is 6.01. The maximum atomic E-state index is 3.79. The fourth-order valence-electron chi connectivity index (χ4n) is 3.60. The minimum absolute atomic E-state index is 0.196. The predicted molar refractivity (Wildman–Crippen MR) is 125 cm³/mol. The molecule has 0 amide bonds. The number of benzene rings is 2. The highest BCUT2D eigenvalue weighted by Gasteiger charge is 2.12. The molecule has 0 unspecified atom stereocenters. The molecule has 0 radical (unpaired) electrons. The molecule has 0 aliphatic carbocycles. The van der Waals surface area contributed by atoms with Gasteiger partial charge in [-0.2, -0.15) is 0 Å². The Morgan fingerprint density at radius 3 is 1.41 bits per heavy atom. The van der Waals surface area contributed by atoms with E-state index < -0.39 is 0 Å². The van der Waals surface area contributed by atoms with Gasteiger partial charge in [0.25, 0.3) is 0 Å². The summed E-state index contributed by atoms with van der Waals surface area (Å²) in [4.78, 5) is 0. The van der Waals surface area contributed by atoms with Crippen LogP contribution in [0.2, 0.25) is 0 Å². The Morgan fingerprint density at radius 2 is 0.963 bits per heavy atom. The van der Waals surface area contributed by atoms with E-state index in [1.807, 2.05) is 6.08 Å². The first-order valence-corrected chi connectivity index (χ1v) is 12.4. The third-order valence-corrected chi connectivity index (χ3v) is 7.78. The van der Waals surface area contributed by atoms with Crippen LogP contribution in [0, 0.1) is 0 Å². The Hall–Kier alpha value is -1.39. The molecule has 0 saturated heterocycles. The van der Waals surface area contributed by atoms with Crippen LogP contribution in [0.15, 0.2) is 73.3 Å². The van der Waals surface area contributed by atoms with E-state index in [0.717, 1.165) is 0 Å². The van der Waals surface area contributed by atoms with Gasteiger partial charge >= 0.3 is 0 Å². The van der Waals surface area contributed by atoms with Gasteiger partial charge in [-0.05, 0) is 44.0 Å². The molecule has 0 atom stereocenters. The normalized spacial score (nSPS) is 11.0. The van der Waals surface area contributed by atoms with E-state index in [2.05, 4.69) is 67.2 Å². The molecule has 0 aromatic heterocycles. The zero-order valence-electron chi connectivity index (χ0n) is 17.0. The lowest BCUT2D eigenvalue weighted by molar-refractivity contribution is 0.558. The molecule has 2 aromatic carbocycles. The topological polar surface area (TPSA) is 0 Å². The molecule has 0 aliphatic rings. The maximum Gasteiger partial charge on any atom is -0.0195 e. The van der Waals surface area contributed by atoms with Gasteiger partial charge in [-0.3, -0.25) is 0 Å². The highest BCUT2D eigenvalue weighted by atomic mass is 31.1. The second-order valence-corrected chi connectivity index (χ2v) is 9.77. The van der Waals surface area contributed by atoms with Crippen molar-refractivity contribution in [3.63, 3.8) is 0 Å². The molecule has 0 spiro atoms. The average molecular weight is 381 g/mol. The van der Waals surface area contributed by atoms with E-state index in [-0.39, 0.29) is 7.92 Å². The van der Waals surface area contributed by atoms with Crippen molar-refractivity contribution < 1.29 is 0 Å². The molecular weight excluding hydrogens is 343 g/mol. The van der Waals surface area contributed by atoms with Crippen LogP contribution in [-0.2, 0) is 0 Å². The summed E-state index contributed by atoms with van der Waals surface area (Å²) in [5.74, 6) is 0. The zero-order valence-corrected chi connectivity index (χ0v) is 17.9. The Balaban J connectivity index is 1.60. The average Bonchev–Trinajstić information content (AvgIpc) is 2.73. The molecule has 0 nitrogen and oxygen atoms in total. The van der Waals surface area contributed by atoms with Gasteiger partial charge in [0.05, 0.1) is 0 Å². The van der Waals surface area contributed by atoms with Crippen LogP contribution in [0.3, 0.4) is 0 Å². The monoisotopic (exact) mass is 380 g/mol. The molecule has 0 N–H and O–H groups in total. The van der Waals surface area contributed by atoms with Gasteiger partial charge in [-0.25, -0.2) is 0 Å². The smallest absolute Gasteiger partial charge is 0.0195 e. The van der Waals surface area contributed by atoms with Crippen molar-refractivity contribution in [2.24, 2.45) is 0 Å².